The fraction of sp³-hybridized carbons (Fsp3) is 0.231. The summed E-state index contributed by atoms with van der Waals surface area (Å²) in [6.07, 6.45) is 4.45. The lowest BCUT2D eigenvalue weighted by molar-refractivity contribution is 0.206. The van der Waals surface area contributed by atoms with Crippen LogP contribution in [0.4, 0.5) is 8.78 Å². The van der Waals surface area contributed by atoms with Gasteiger partial charge in [-0.05, 0) is 43.3 Å². The van der Waals surface area contributed by atoms with Gasteiger partial charge in [-0.1, -0.05) is 18.2 Å². The summed E-state index contributed by atoms with van der Waals surface area (Å²) in [6.45, 7) is 2.07. The fourth-order valence-electron chi connectivity index (χ4n) is 4.11. The first-order chi connectivity index (χ1) is 16.9. The van der Waals surface area contributed by atoms with Crippen molar-refractivity contribution < 1.29 is 13.5 Å². The molecule has 7 nitrogen and oxygen atoms in total. The number of aromatic nitrogens is 4. The van der Waals surface area contributed by atoms with E-state index >= 15 is 0 Å². The van der Waals surface area contributed by atoms with E-state index in [1.54, 1.807) is 12.4 Å². The Labute approximate surface area is 200 Å². The van der Waals surface area contributed by atoms with E-state index in [1.807, 2.05) is 24.3 Å². The molecule has 3 heterocycles. The van der Waals surface area contributed by atoms with Crippen molar-refractivity contribution >= 4 is 0 Å². The molecular weight excluding hydrogens is 452 g/mol. The minimum absolute atomic E-state index is 0.142. The van der Waals surface area contributed by atoms with Gasteiger partial charge >= 0.3 is 0 Å². The van der Waals surface area contributed by atoms with Crippen molar-refractivity contribution in [2.45, 2.75) is 19.1 Å². The third-order valence-corrected chi connectivity index (χ3v) is 5.82. The molecular formula is C26H23F2N5O2. The maximum atomic E-state index is 13.6. The van der Waals surface area contributed by atoms with E-state index < -0.39 is 11.6 Å². The third-order valence-electron chi connectivity index (χ3n) is 5.82. The SMILES string of the molecule is CN1CCC(Oc2cnc(-c3cccc(Cn4nc(-c5cc(F)cc(F)c5)ccc4=O)c3)nc2)C1. The van der Waals surface area contributed by atoms with Crippen LogP contribution in [0.25, 0.3) is 22.6 Å². The maximum absolute atomic E-state index is 13.6. The van der Waals surface area contributed by atoms with Crippen molar-refractivity contribution in [3.63, 3.8) is 0 Å². The normalized spacial score (nSPS) is 15.9. The fourth-order valence-corrected chi connectivity index (χ4v) is 4.11. The van der Waals surface area contributed by atoms with E-state index in [2.05, 4.69) is 27.0 Å². The van der Waals surface area contributed by atoms with Crippen molar-refractivity contribution in [2.24, 2.45) is 0 Å². The van der Waals surface area contributed by atoms with E-state index in [4.69, 9.17) is 4.74 Å². The van der Waals surface area contributed by atoms with Crippen LogP contribution in [0.2, 0.25) is 0 Å². The van der Waals surface area contributed by atoms with E-state index in [9.17, 15) is 13.6 Å². The minimum Gasteiger partial charge on any atom is -0.486 e. The largest absolute Gasteiger partial charge is 0.486 e. The second-order valence-corrected chi connectivity index (χ2v) is 8.61. The number of hydrogen-bond acceptors (Lipinski definition) is 6. The lowest BCUT2D eigenvalue weighted by Gasteiger charge is -2.13. The average Bonchev–Trinajstić information content (AvgIpc) is 3.25. The second kappa shape index (κ2) is 9.71. The van der Waals surface area contributed by atoms with Gasteiger partial charge in [-0.15, -0.1) is 0 Å². The monoisotopic (exact) mass is 475 g/mol. The Morgan fingerprint density at radius 1 is 1.00 bits per heavy atom. The predicted molar refractivity (Wildman–Crippen MR) is 127 cm³/mol. The lowest BCUT2D eigenvalue weighted by Crippen LogP contribution is -2.22. The molecule has 1 saturated heterocycles. The number of nitrogens with zero attached hydrogens (tertiary/aromatic N) is 5. The standard InChI is InChI=1S/C26H23F2N5O2/c1-32-8-7-22(16-32)35-23-13-29-26(30-14-23)18-4-2-3-17(9-18)15-33-25(34)6-5-24(31-33)19-10-20(27)12-21(28)11-19/h2-6,9-14,22H,7-8,15-16H2,1H3. The summed E-state index contributed by atoms with van der Waals surface area (Å²) in [5.74, 6) is -0.253. The number of halogens is 2. The molecule has 4 aromatic rings. The Morgan fingerprint density at radius 3 is 2.49 bits per heavy atom. The van der Waals surface area contributed by atoms with Crippen LogP contribution in [0.15, 0.2) is 71.8 Å². The first-order valence-electron chi connectivity index (χ1n) is 11.2. The zero-order valence-corrected chi connectivity index (χ0v) is 19.1. The highest BCUT2D eigenvalue weighted by Crippen LogP contribution is 2.22. The van der Waals surface area contributed by atoms with Gasteiger partial charge in [-0.3, -0.25) is 4.79 Å². The molecule has 1 aliphatic heterocycles. The zero-order chi connectivity index (χ0) is 24.4. The summed E-state index contributed by atoms with van der Waals surface area (Å²) >= 11 is 0. The van der Waals surface area contributed by atoms with Crippen LogP contribution in [0, 0.1) is 11.6 Å². The Balaban J connectivity index is 1.34. The van der Waals surface area contributed by atoms with Crippen molar-refractivity contribution in [3.05, 3.63) is 94.5 Å². The number of likely N-dealkylation sites (N-methyl/N-ethyl adjacent to an activating group) is 1. The summed E-state index contributed by atoms with van der Waals surface area (Å²) < 4.78 is 34.5. The van der Waals surface area contributed by atoms with Crippen molar-refractivity contribution in [1.82, 2.24) is 24.6 Å². The Hall–Kier alpha value is -3.98. The maximum Gasteiger partial charge on any atom is 0.267 e. The van der Waals surface area contributed by atoms with Crippen molar-refractivity contribution in [2.75, 3.05) is 20.1 Å². The third kappa shape index (κ3) is 5.41. The van der Waals surface area contributed by atoms with Gasteiger partial charge < -0.3 is 9.64 Å². The number of likely N-dealkylation sites (tertiary alicyclic amines) is 1. The molecule has 0 radical (unpaired) electrons. The molecule has 178 valence electrons. The molecule has 0 bridgehead atoms. The summed E-state index contributed by atoms with van der Waals surface area (Å²) in [7, 11) is 2.07. The van der Waals surface area contributed by atoms with Gasteiger partial charge in [-0.2, -0.15) is 5.10 Å². The number of hydrogen-bond donors (Lipinski definition) is 0. The van der Waals surface area contributed by atoms with Crippen LogP contribution in [0.5, 0.6) is 5.75 Å². The molecule has 0 amide bonds. The molecule has 0 N–H and O–H groups in total. The van der Waals surface area contributed by atoms with Gasteiger partial charge in [-0.25, -0.2) is 23.4 Å². The summed E-state index contributed by atoms with van der Waals surface area (Å²) in [5.41, 5.74) is 1.81. The molecule has 2 aromatic carbocycles. The Bertz CT molecular complexity index is 1390. The van der Waals surface area contributed by atoms with Gasteiger partial charge in [0.2, 0.25) is 0 Å². The van der Waals surface area contributed by atoms with Crippen molar-refractivity contribution in [1.29, 1.82) is 0 Å². The highest BCUT2D eigenvalue weighted by atomic mass is 19.1. The molecule has 0 spiro atoms. The number of rotatable bonds is 6. The van der Waals surface area contributed by atoms with Gasteiger partial charge in [0.15, 0.2) is 11.6 Å². The lowest BCUT2D eigenvalue weighted by atomic mass is 10.1. The second-order valence-electron chi connectivity index (χ2n) is 8.61. The van der Waals surface area contributed by atoms with E-state index in [-0.39, 0.29) is 23.8 Å². The molecule has 1 aliphatic rings. The smallest absolute Gasteiger partial charge is 0.267 e. The Morgan fingerprint density at radius 2 is 1.77 bits per heavy atom. The van der Waals surface area contributed by atoms with Crippen LogP contribution >= 0.6 is 0 Å². The number of ether oxygens (including phenoxy) is 1. The molecule has 1 fully saturated rings. The first kappa shape index (κ1) is 22.8. The molecule has 35 heavy (non-hydrogen) atoms. The van der Waals surface area contributed by atoms with Gasteiger partial charge in [0, 0.05) is 36.3 Å². The molecule has 9 heteroatoms. The highest BCUT2D eigenvalue weighted by Gasteiger charge is 2.21. The minimum atomic E-state index is -0.709. The van der Waals surface area contributed by atoms with Crippen LogP contribution in [0.1, 0.15) is 12.0 Å². The first-order valence-corrected chi connectivity index (χ1v) is 11.2. The Kier molecular flexibility index (Phi) is 6.33. The quantitative estimate of drug-likeness (QED) is 0.423. The van der Waals surface area contributed by atoms with Crippen molar-refractivity contribution in [3.8, 4) is 28.4 Å². The molecule has 1 atom stereocenters. The van der Waals surface area contributed by atoms with Crippen LogP contribution in [-0.2, 0) is 6.54 Å². The highest BCUT2D eigenvalue weighted by molar-refractivity contribution is 5.58. The zero-order valence-electron chi connectivity index (χ0n) is 19.1. The summed E-state index contributed by atoms with van der Waals surface area (Å²) in [5, 5.41) is 4.31. The van der Waals surface area contributed by atoms with E-state index in [0.717, 1.165) is 36.7 Å². The molecule has 0 aliphatic carbocycles. The van der Waals surface area contributed by atoms with Gasteiger partial charge in [0.25, 0.3) is 5.56 Å². The average molecular weight is 475 g/mol. The molecule has 2 aromatic heterocycles. The van der Waals surface area contributed by atoms with Crippen LogP contribution in [0.3, 0.4) is 0 Å². The van der Waals surface area contributed by atoms with E-state index in [0.29, 0.717) is 17.3 Å². The number of benzene rings is 2. The summed E-state index contributed by atoms with van der Waals surface area (Å²) in [4.78, 5) is 23.5. The van der Waals surface area contributed by atoms with E-state index in [1.165, 1.54) is 28.9 Å². The predicted octanol–water partition coefficient (Wildman–Crippen LogP) is 3.78. The van der Waals surface area contributed by atoms with Gasteiger partial charge in [0.05, 0.1) is 24.6 Å². The molecule has 1 unspecified atom stereocenters. The summed E-state index contributed by atoms with van der Waals surface area (Å²) in [6, 6.07) is 13.4. The van der Waals surface area contributed by atoms with Crippen LogP contribution in [-0.4, -0.2) is 50.9 Å². The van der Waals surface area contributed by atoms with Gasteiger partial charge in [0.1, 0.15) is 17.7 Å². The topological polar surface area (TPSA) is 73.1 Å². The molecule has 5 rings (SSSR count). The molecule has 0 saturated carbocycles. The van der Waals surface area contributed by atoms with Crippen LogP contribution < -0.4 is 10.3 Å².